The molecule has 0 spiro atoms. The molecule has 94 valence electrons. The zero-order valence-corrected chi connectivity index (χ0v) is 11.2. The lowest BCUT2D eigenvalue weighted by molar-refractivity contribution is 0.863. The summed E-state index contributed by atoms with van der Waals surface area (Å²) in [4.78, 5) is 0. The molecular weight excluding hydrogens is 242 g/mol. The Labute approximate surface area is 113 Å². The Kier molecular flexibility index (Phi) is 4.47. The normalized spacial score (nSPS) is 15.7. The monoisotopic (exact) mass is 259 g/mol. The van der Waals surface area contributed by atoms with E-state index in [4.69, 9.17) is 12.2 Å². The van der Waals surface area contributed by atoms with E-state index in [0.29, 0.717) is 11.2 Å². The first kappa shape index (κ1) is 12.8. The smallest absolute Gasteiger partial charge is 0.187 e. The number of thiocarbonyl (C=S) groups is 1. The number of hydrazone groups is 1. The molecule has 1 aliphatic carbocycles. The van der Waals surface area contributed by atoms with E-state index in [1.165, 1.54) is 18.4 Å². The second-order valence-electron chi connectivity index (χ2n) is 4.42. The summed E-state index contributed by atoms with van der Waals surface area (Å²) < 4.78 is 0. The molecule has 0 amide bonds. The minimum atomic E-state index is 0.557. The molecule has 0 aromatic heterocycles. The molecule has 0 saturated heterocycles. The zero-order valence-electron chi connectivity index (χ0n) is 10.4. The van der Waals surface area contributed by atoms with Gasteiger partial charge in [0.2, 0.25) is 0 Å². The summed E-state index contributed by atoms with van der Waals surface area (Å²) in [5, 5.41) is 7.86. The summed E-state index contributed by atoms with van der Waals surface area (Å²) in [5.74, 6) is 0. The first-order valence-corrected chi connectivity index (χ1v) is 6.48. The number of rotatable bonds is 4. The minimum absolute atomic E-state index is 0.557. The van der Waals surface area contributed by atoms with Gasteiger partial charge in [0.05, 0.1) is 6.21 Å². The van der Waals surface area contributed by atoms with Gasteiger partial charge in [-0.2, -0.15) is 5.10 Å². The highest BCUT2D eigenvalue weighted by molar-refractivity contribution is 7.80. The van der Waals surface area contributed by atoms with Crippen molar-refractivity contribution in [3.05, 3.63) is 41.5 Å². The van der Waals surface area contributed by atoms with Gasteiger partial charge in [-0.3, -0.25) is 5.43 Å². The summed E-state index contributed by atoms with van der Waals surface area (Å²) in [7, 11) is 0. The van der Waals surface area contributed by atoms with Crippen LogP contribution in [0.2, 0.25) is 0 Å². The van der Waals surface area contributed by atoms with Gasteiger partial charge >= 0.3 is 0 Å². The molecule has 18 heavy (non-hydrogen) atoms. The number of hydrogen-bond donors (Lipinski definition) is 2. The largest absolute Gasteiger partial charge is 0.359 e. The van der Waals surface area contributed by atoms with Crippen molar-refractivity contribution in [2.75, 3.05) is 0 Å². The van der Waals surface area contributed by atoms with Crippen LogP contribution >= 0.6 is 12.2 Å². The van der Waals surface area contributed by atoms with E-state index in [0.717, 1.165) is 5.57 Å². The van der Waals surface area contributed by atoms with Crippen molar-refractivity contribution in [3.63, 3.8) is 0 Å². The molecule has 0 radical (unpaired) electrons. The van der Waals surface area contributed by atoms with E-state index in [9.17, 15) is 0 Å². The van der Waals surface area contributed by atoms with E-state index in [1.807, 2.05) is 25.1 Å². The predicted octanol–water partition coefficient (Wildman–Crippen LogP) is 2.70. The van der Waals surface area contributed by atoms with Crippen molar-refractivity contribution in [1.82, 2.24) is 10.7 Å². The third-order valence-electron chi connectivity index (χ3n) is 2.54. The number of nitrogens with zero attached hydrogens (tertiary/aromatic N) is 1. The summed E-state index contributed by atoms with van der Waals surface area (Å²) in [6, 6.07) is 10.7. The van der Waals surface area contributed by atoms with Gasteiger partial charge in [0.25, 0.3) is 0 Å². The van der Waals surface area contributed by atoms with Crippen LogP contribution in [0, 0.1) is 0 Å². The predicted molar refractivity (Wildman–Crippen MR) is 80.5 cm³/mol. The highest BCUT2D eigenvalue weighted by atomic mass is 32.1. The van der Waals surface area contributed by atoms with Crippen LogP contribution in [0.1, 0.15) is 25.3 Å². The van der Waals surface area contributed by atoms with Gasteiger partial charge in [0, 0.05) is 6.04 Å². The molecule has 0 unspecified atom stereocenters. The van der Waals surface area contributed by atoms with Crippen LogP contribution in [0.5, 0.6) is 0 Å². The molecule has 0 aliphatic heterocycles. The number of benzene rings is 1. The molecule has 1 saturated carbocycles. The number of allylic oxidation sites excluding steroid dienone is 1. The van der Waals surface area contributed by atoms with Crippen molar-refractivity contribution < 1.29 is 0 Å². The maximum Gasteiger partial charge on any atom is 0.187 e. The topological polar surface area (TPSA) is 36.4 Å². The lowest BCUT2D eigenvalue weighted by Gasteiger charge is -2.03. The van der Waals surface area contributed by atoms with Gasteiger partial charge in [0.15, 0.2) is 5.11 Å². The second kappa shape index (κ2) is 6.31. The van der Waals surface area contributed by atoms with Crippen LogP contribution in [0.4, 0.5) is 0 Å². The molecule has 1 aromatic carbocycles. The van der Waals surface area contributed by atoms with Gasteiger partial charge < -0.3 is 5.32 Å². The van der Waals surface area contributed by atoms with E-state index >= 15 is 0 Å². The Hall–Kier alpha value is -1.68. The summed E-state index contributed by atoms with van der Waals surface area (Å²) in [6.45, 7) is 2.01. The van der Waals surface area contributed by atoms with Crippen LogP contribution in [-0.2, 0) is 0 Å². The second-order valence-corrected chi connectivity index (χ2v) is 4.83. The van der Waals surface area contributed by atoms with E-state index in [-0.39, 0.29) is 0 Å². The van der Waals surface area contributed by atoms with Crippen molar-refractivity contribution in [2.24, 2.45) is 5.10 Å². The fourth-order valence-electron chi connectivity index (χ4n) is 1.49. The molecule has 0 bridgehead atoms. The fraction of sp³-hybridized carbons (Fsp3) is 0.286. The van der Waals surface area contributed by atoms with Crippen molar-refractivity contribution >= 4 is 29.6 Å². The van der Waals surface area contributed by atoms with E-state index in [1.54, 1.807) is 6.21 Å². The quantitative estimate of drug-likeness (QED) is 0.496. The number of hydrogen-bond acceptors (Lipinski definition) is 2. The molecule has 4 heteroatoms. The summed E-state index contributed by atoms with van der Waals surface area (Å²) >= 11 is 5.10. The van der Waals surface area contributed by atoms with Gasteiger partial charge in [0.1, 0.15) is 0 Å². The molecule has 3 nitrogen and oxygen atoms in total. The third-order valence-corrected chi connectivity index (χ3v) is 2.75. The van der Waals surface area contributed by atoms with Crippen LogP contribution in [0.3, 0.4) is 0 Å². The molecule has 2 rings (SSSR count). The van der Waals surface area contributed by atoms with Gasteiger partial charge in [-0.1, -0.05) is 36.4 Å². The molecular formula is C14H17N3S. The maximum atomic E-state index is 5.10. The van der Waals surface area contributed by atoms with Gasteiger partial charge in [-0.15, -0.1) is 0 Å². The Morgan fingerprint density at radius 1 is 1.33 bits per heavy atom. The number of nitrogens with one attached hydrogen (secondary N) is 2. The van der Waals surface area contributed by atoms with E-state index in [2.05, 4.69) is 34.1 Å². The fourth-order valence-corrected chi connectivity index (χ4v) is 1.71. The molecule has 1 aromatic rings. The average Bonchev–Trinajstić information content (AvgIpc) is 3.14. The van der Waals surface area contributed by atoms with Crippen LogP contribution in [0.25, 0.3) is 6.08 Å². The lowest BCUT2D eigenvalue weighted by Crippen LogP contribution is -2.33. The molecule has 1 fully saturated rings. The van der Waals surface area contributed by atoms with Crippen LogP contribution in [-0.4, -0.2) is 17.4 Å². The SMILES string of the molecule is C/C(C=NNC(=S)NC1CC1)=C\c1ccccc1. The Morgan fingerprint density at radius 3 is 2.72 bits per heavy atom. The van der Waals surface area contributed by atoms with Gasteiger partial charge in [-0.25, -0.2) is 0 Å². The van der Waals surface area contributed by atoms with Crippen molar-refractivity contribution in [2.45, 2.75) is 25.8 Å². The average molecular weight is 259 g/mol. The van der Waals surface area contributed by atoms with Crippen molar-refractivity contribution in [3.8, 4) is 0 Å². The highest BCUT2D eigenvalue weighted by Crippen LogP contribution is 2.18. The molecule has 0 atom stereocenters. The summed E-state index contributed by atoms with van der Waals surface area (Å²) in [5.41, 5.74) is 5.06. The minimum Gasteiger partial charge on any atom is -0.359 e. The van der Waals surface area contributed by atoms with Crippen molar-refractivity contribution in [1.29, 1.82) is 0 Å². The van der Waals surface area contributed by atoms with Crippen LogP contribution in [0.15, 0.2) is 41.0 Å². The van der Waals surface area contributed by atoms with Crippen LogP contribution < -0.4 is 10.7 Å². The maximum absolute atomic E-state index is 5.10. The Balaban J connectivity index is 1.80. The lowest BCUT2D eigenvalue weighted by atomic mass is 10.1. The third kappa shape index (κ3) is 4.67. The highest BCUT2D eigenvalue weighted by Gasteiger charge is 2.21. The summed E-state index contributed by atoms with van der Waals surface area (Å²) in [6.07, 6.45) is 6.26. The first-order chi connectivity index (χ1) is 8.74. The molecule has 1 aliphatic rings. The van der Waals surface area contributed by atoms with E-state index < -0.39 is 0 Å². The molecule has 2 N–H and O–H groups in total. The standard InChI is InChI=1S/C14H17N3S/c1-11(9-12-5-3-2-4-6-12)10-15-17-14(18)16-13-7-8-13/h2-6,9-10,13H,7-8H2,1H3,(H2,16,17,18)/b11-9+,15-10?. The zero-order chi connectivity index (χ0) is 12.8. The molecule has 0 heterocycles. The van der Waals surface area contributed by atoms with Gasteiger partial charge in [-0.05, 0) is 43.1 Å². The Bertz CT molecular complexity index is 461. The first-order valence-electron chi connectivity index (χ1n) is 6.07. The Morgan fingerprint density at radius 2 is 2.06 bits per heavy atom.